The van der Waals surface area contributed by atoms with Gasteiger partial charge in [-0.15, -0.1) is 0 Å². The third-order valence-corrected chi connectivity index (χ3v) is 2.52. The van der Waals surface area contributed by atoms with Crippen LogP contribution in [0.4, 0.5) is 4.39 Å². The molecular weight excluding hydrogens is 201 g/mol. The smallest absolute Gasteiger partial charge is 0.127 e. The van der Waals surface area contributed by atoms with Crippen LogP contribution in [0.1, 0.15) is 5.56 Å². The second-order valence-corrected chi connectivity index (χ2v) is 3.63. The fraction of sp³-hybridized carbons (Fsp3) is 0.143. The van der Waals surface area contributed by atoms with Gasteiger partial charge in [0, 0.05) is 0 Å². The first kappa shape index (κ1) is 10.8. The second-order valence-electron chi connectivity index (χ2n) is 3.63. The van der Waals surface area contributed by atoms with Gasteiger partial charge in [0.2, 0.25) is 0 Å². The number of hydrogen-bond acceptors (Lipinski definition) is 1. The summed E-state index contributed by atoms with van der Waals surface area (Å²) in [6.45, 7) is 0.469. The molecule has 0 aliphatic carbocycles. The third-order valence-electron chi connectivity index (χ3n) is 2.52. The molecule has 0 fully saturated rings. The number of hydrogen-bond donors (Lipinski definition) is 1. The highest BCUT2D eigenvalue weighted by atomic mass is 19.1. The molecule has 0 aromatic heterocycles. The fourth-order valence-corrected chi connectivity index (χ4v) is 1.66. The van der Waals surface area contributed by atoms with E-state index in [2.05, 4.69) is 6.07 Å². The minimum atomic E-state index is -0.184. The molecule has 2 heteroatoms. The van der Waals surface area contributed by atoms with Crippen LogP contribution in [0.5, 0.6) is 0 Å². The van der Waals surface area contributed by atoms with E-state index in [1.54, 1.807) is 12.1 Å². The van der Waals surface area contributed by atoms with Crippen LogP contribution in [0.25, 0.3) is 11.1 Å². The second kappa shape index (κ2) is 4.90. The van der Waals surface area contributed by atoms with E-state index in [0.29, 0.717) is 18.5 Å². The summed E-state index contributed by atoms with van der Waals surface area (Å²) in [5.74, 6) is -0.184. The highest BCUT2D eigenvalue weighted by Gasteiger charge is 2.03. The summed E-state index contributed by atoms with van der Waals surface area (Å²) >= 11 is 0. The molecule has 81 valence electrons. The van der Waals surface area contributed by atoms with Crippen LogP contribution >= 0.6 is 0 Å². The van der Waals surface area contributed by atoms with E-state index in [1.165, 1.54) is 0 Å². The average molecular weight is 214 g/mol. The summed E-state index contributed by atoms with van der Waals surface area (Å²) in [6, 6.07) is 15.7. The lowest BCUT2D eigenvalue weighted by molar-refractivity contribution is 0.610. The van der Waals surface area contributed by atoms with Gasteiger partial charge in [0.1, 0.15) is 5.82 Å². The van der Waals surface area contributed by atoms with Gasteiger partial charge in [-0.25, -0.2) is 4.39 Å². The van der Waals surface area contributed by atoms with Crippen molar-refractivity contribution < 1.29 is 4.39 Å². The van der Waals surface area contributed by atoms with E-state index in [0.717, 1.165) is 11.1 Å². The SMILES string of the molecule is NCCc1ccc(-c2cc[c]cc2)cc1F. The molecule has 2 N–H and O–H groups in total. The molecule has 0 unspecified atom stereocenters. The number of nitrogens with two attached hydrogens (primary N) is 1. The van der Waals surface area contributed by atoms with Crippen LogP contribution in [-0.4, -0.2) is 6.54 Å². The number of benzene rings is 2. The van der Waals surface area contributed by atoms with Crippen molar-refractivity contribution >= 4 is 0 Å². The van der Waals surface area contributed by atoms with Crippen LogP contribution in [-0.2, 0) is 6.42 Å². The zero-order valence-corrected chi connectivity index (χ0v) is 8.91. The maximum absolute atomic E-state index is 13.7. The van der Waals surface area contributed by atoms with Crippen LogP contribution in [0.3, 0.4) is 0 Å². The van der Waals surface area contributed by atoms with Gasteiger partial charge in [-0.1, -0.05) is 36.4 Å². The molecule has 0 saturated heterocycles. The van der Waals surface area contributed by atoms with Gasteiger partial charge in [-0.05, 0) is 41.8 Å². The Labute approximate surface area is 94.7 Å². The Bertz CT molecular complexity index is 465. The molecule has 2 rings (SSSR count). The molecule has 0 aliphatic rings. The highest BCUT2D eigenvalue weighted by Crippen LogP contribution is 2.21. The predicted octanol–water partition coefficient (Wildman–Crippen LogP) is 2.79. The standard InChI is InChI=1S/C14H13FN/c15-14-10-13(7-6-12(14)8-9-16)11-4-2-1-3-5-11/h2-7,10H,8-9,16H2. The van der Waals surface area contributed by atoms with Crippen molar-refractivity contribution in [2.24, 2.45) is 5.73 Å². The van der Waals surface area contributed by atoms with E-state index in [-0.39, 0.29) is 5.82 Å². The first-order valence-electron chi connectivity index (χ1n) is 5.26. The highest BCUT2D eigenvalue weighted by molar-refractivity contribution is 5.63. The Morgan fingerprint density at radius 2 is 1.81 bits per heavy atom. The minimum Gasteiger partial charge on any atom is -0.330 e. The Balaban J connectivity index is 2.35. The van der Waals surface area contributed by atoms with E-state index in [1.807, 2.05) is 30.3 Å². The van der Waals surface area contributed by atoms with E-state index >= 15 is 0 Å². The maximum Gasteiger partial charge on any atom is 0.127 e. The molecule has 0 saturated carbocycles. The first-order chi connectivity index (χ1) is 7.81. The summed E-state index contributed by atoms with van der Waals surface area (Å²) < 4.78 is 13.7. The molecule has 2 aromatic rings. The fourth-order valence-electron chi connectivity index (χ4n) is 1.66. The molecule has 0 heterocycles. The first-order valence-corrected chi connectivity index (χ1v) is 5.26. The molecule has 0 bridgehead atoms. The molecule has 0 amide bonds. The molecule has 0 aliphatic heterocycles. The van der Waals surface area contributed by atoms with Crippen molar-refractivity contribution in [3.05, 3.63) is 59.9 Å². The predicted molar refractivity (Wildman–Crippen MR) is 63.4 cm³/mol. The average Bonchev–Trinajstić information content (AvgIpc) is 2.33. The third kappa shape index (κ3) is 2.28. The lowest BCUT2D eigenvalue weighted by Gasteiger charge is -2.05. The quantitative estimate of drug-likeness (QED) is 0.835. The normalized spacial score (nSPS) is 10.4. The van der Waals surface area contributed by atoms with Crippen molar-refractivity contribution in [2.75, 3.05) is 6.54 Å². The van der Waals surface area contributed by atoms with E-state index in [4.69, 9.17) is 5.73 Å². The topological polar surface area (TPSA) is 26.0 Å². The molecule has 1 nitrogen and oxygen atoms in total. The summed E-state index contributed by atoms with van der Waals surface area (Å²) in [6.07, 6.45) is 0.578. The lowest BCUT2D eigenvalue weighted by atomic mass is 10.0. The van der Waals surface area contributed by atoms with E-state index < -0.39 is 0 Å². The molecule has 0 spiro atoms. The Kier molecular flexibility index (Phi) is 3.32. The molecule has 0 atom stereocenters. The van der Waals surface area contributed by atoms with Crippen molar-refractivity contribution in [2.45, 2.75) is 6.42 Å². The van der Waals surface area contributed by atoms with E-state index in [9.17, 15) is 4.39 Å². The van der Waals surface area contributed by atoms with Crippen LogP contribution in [0, 0.1) is 11.9 Å². The van der Waals surface area contributed by atoms with Gasteiger partial charge in [-0.3, -0.25) is 0 Å². The summed E-state index contributed by atoms with van der Waals surface area (Å²) in [7, 11) is 0. The number of halogens is 1. The Morgan fingerprint density at radius 3 is 2.44 bits per heavy atom. The molecule has 16 heavy (non-hydrogen) atoms. The van der Waals surface area contributed by atoms with Crippen molar-refractivity contribution in [3.8, 4) is 11.1 Å². The Hall–Kier alpha value is -1.67. The van der Waals surface area contributed by atoms with Crippen molar-refractivity contribution in [1.82, 2.24) is 0 Å². The number of rotatable bonds is 3. The van der Waals surface area contributed by atoms with Crippen molar-refractivity contribution in [3.63, 3.8) is 0 Å². The summed E-state index contributed by atoms with van der Waals surface area (Å²) in [4.78, 5) is 0. The molecule has 2 aromatic carbocycles. The van der Waals surface area contributed by atoms with Gasteiger partial charge in [0.05, 0.1) is 0 Å². The zero-order chi connectivity index (χ0) is 11.4. The van der Waals surface area contributed by atoms with Gasteiger partial charge in [0.15, 0.2) is 0 Å². The van der Waals surface area contributed by atoms with Gasteiger partial charge in [-0.2, -0.15) is 0 Å². The van der Waals surface area contributed by atoms with Gasteiger partial charge >= 0.3 is 0 Å². The van der Waals surface area contributed by atoms with Gasteiger partial charge in [0.25, 0.3) is 0 Å². The minimum absolute atomic E-state index is 0.184. The van der Waals surface area contributed by atoms with Crippen LogP contribution in [0.15, 0.2) is 42.5 Å². The summed E-state index contributed by atoms with van der Waals surface area (Å²) in [5.41, 5.74) is 7.96. The van der Waals surface area contributed by atoms with Crippen LogP contribution < -0.4 is 5.73 Å². The molecular formula is C14H13FN. The maximum atomic E-state index is 13.7. The monoisotopic (exact) mass is 214 g/mol. The van der Waals surface area contributed by atoms with Crippen LogP contribution in [0.2, 0.25) is 0 Å². The Morgan fingerprint density at radius 1 is 1.06 bits per heavy atom. The summed E-state index contributed by atoms with van der Waals surface area (Å²) in [5, 5.41) is 0. The largest absolute Gasteiger partial charge is 0.330 e. The lowest BCUT2D eigenvalue weighted by Crippen LogP contribution is -2.04. The van der Waals surface area contributed by atoms with Gasteiger partial charge < -0.3 is 5.73 Å². The van der Waals surface area contributed by atoms with Crippen molar-refractivity contribution in [1.29, 1.82) is 0 Å². The molecule has 1 radical (unpaired) electrons. The zero-order valence-electron chi connectivity index (χ0n) is 8.91.